The summed E-state index contributed by atoms with van der Waals surface area (Å²) in [6, 6.07) is 0. The van der Waals surface area contributed by atoms with Crippen LogP contribution >= 0.6 is 0 Å². The van der Waals surface area contributed by atoms with Crippen LogP contribution in [0.5, 0.6) is 0 Å². The van der Waals surface area contributed by atoms with Crippen LogP contribution in [0.2, 0.25) is 0 Å². The molecule has 5 nitrogen and oxygen atoms in total. The van der Waals surface area contributed by atoms with E-state index in [0.29, 0.717) is 13.2 Å². The fourth-order valence-corrected chi connectivity index (χ4v) is 2.13. The fourth-order valence-electron chi connectivity index (χ4n) is 2.13. The Morgan fingerprint density at radius 3 is 2.92 bits per heavy atom. The molecule has 3 fully saturated rings. The van der Waals surface area contributed by atoms with Crippen molar-refractivity contribution in [3.8, 4) is 0 Å². The Hall–Kier alpha value is -0.200. The average Bonchev–Trinajstić information content (AvgIpc) is 2.58. The van der Waals surface area contributed by atoms with Gasteiger partial charge in [0.25, 0.3) is 5.97 Å². The third kappa shape index (κ3) is 1.05. The molecule has 0 radical (unpaired) electrons. The highest BCUT2D eigenvalue weighted by Gasteiger charge is 2.57. The van der Waals surface area contributed by atoms with Gasteiger partial charge in [-0.15, -0.1) is 0 Å². The fraction of sp³-hybridized carbons (Fsp3) is 1.00. The van der Waals surface area contributed by atoms with E-state index in [4.69, 9.17) is 18.9 Å². The minimum absolute atomic E-state index is 0.0964. The molecule has 0 aromatic carbocycles. The predicted octanol–water partition coefficient (Wildman–Crippen LogP) is -0.766. The van der Waals surface area contributed by atoms with E-state index in [1.54, 1.807) is 6.92 Å². The zero-order valence-corrected chi connectivity index (χ0v) is 7.30. The van der Waals surface area contributed by atoms with Crippen LogP contribution in [-0.4, -0.2) is 48.7 Å². The molecule has 0 amide bonds. The van der Waals surface area contributed by atoms with E-state index in [1.165, 1.54) is 0 Å². The lowest BCUT2D eigenvalue weighted by Crippen LogP contribution is -2.51. The Bertz CT molecular complexity index is 233. The van der Waals surface area contributed by atoms with Crippen LogP contribution in [0, 0.1) is 0 Å². The van der Waals surface area contributed by atoms with E-state index in [0.717, 1.165) is 0 Å². The van der Waals surface area contributed by atoms with Crippen molar-refractivity contribution >= 4 is 0 Å². The summed E-state index contributed by atoms with van der Waals surface area (Å²) in [6.45, 7) is 2.52. The van der Waals surface area contributed by atoms with E-state index in [-0.39, 0.29) is 18.3 Å². The van der Waals surface area contributed by atoms with Crippen LogP contribution in [0.25, 0.3) is 0 Å². The van der Waals surface area contributed by atoms with E-state index in [2.05, 4.69) is 0 Å². The summed E-state index contributed by atoms with van der Waals surface area (Å²) in [6.07, 6.45) is -1.13. The van der Waals surface area contributed by atoms with Gasteiger partial charge in [0.15, 0.2) is 0 Å². The molecule has 74 valence electrons. The highest BCUT2D eigenvalue weighted by atomic mass is 16.9. The molecule has 3 rings (SSSR count). The maximum atomic E-state index is 9.54. The van der Waals surface area contributed by atoms with Crippen molar-refractivity contribution in [2.24, 2.45) is 0 Å². The molecule has 0 aliphatic carbocycles. The first kappa shape index (κ1) is 8.14. The normalized spacial score (nSPS) is 59.5. The van der Waals surface area contributed by atoms with Crippen molar-refractivity contribution in [3.63, 3.8) is 0 Å². The van der Waals surface area contributed by atoms with Gasteiger partial charge in [0.05, 0.1) is 13.2 Å². The number of hydrogen-bond acceptors (Lipinski definition) is 5. The molecule has 5 heteroatoms. The Labute approximate surface area is 75.5 Å². The molecule has 3 aliphatic rings. The highest BCUT2D eigenvalue weighted by Crippen LogP contribution is 2.39. The van der Waals surface area contributed by atoms with Gasteiger partial charge in [0.2, 0.25) is 0 Å². The number of aliphatic hydroxyl groups is 1. The topological polar surface area (TPSA) is 57.2 Å². The number of ether oxygens (including phenoxy) is 4. The quantitative estimate of drug-likeness (QED) is 0.541. The molecule has 0 spiro atoms. The number of aliphatic hydroxyl groups excluding tert-OH is 1. The molecular weight excluding hydrogens is 176 g/mol. The van der Waals surface area contributed by atoms with Gasteiger partial charge in [0.1, 0.15) is 24.4 Å². The van der Waals surface area contributed by atoms with Gasteiger partial charge >= 0.3 is 0 Å². The van der Waals surface area contributed by atoms with Crippen LogP contribution in [0.1, 0.15) is 6.92 Å². The van der Waals surface area contributed by atoms with Gasteiger partial charge in [0, 0.05) is 6.92 Å². The summed E-state index contributed by atoms with van der Waals surface area (Å²) < 4.78 is 21.6. The summed E-state index contributed by atoms with van der Waals surface area (Å²) in [5, 5.41) is 9.54. The molecule has 3 aliphatic heterocycles. The maximum absolute atomic E-state index is 9.54. The van der Waals surface area contributed by atoms with Crippen LogP contribution in [0.3, 0.4) is 0 Å². The molecule has 5 atom stereocenters. The monoisotopic (exact) mass is 188 g/mol. The lowest BCUT2D eigenvalue weighted by molar-refractivity contribution is -0.377. The van der Waals surface area contributed by atoms with Crippen molar-refractivity contribution in [1.82, 2.24) is 0 Å². The Kier molecular flexibility index (Phi) is 1.52. The molecule has 2 unspecified atom stereocenters. The van der Waals surface area contributed by atoms with Gasteiger partial charge in [-0.2, -0.15) is 0 Å². The van der Waals surface area contributed by atoms with E-state index in [1.807, 2.05) is 0 Å². The number of rotatable bonds is 0. The summed E-state index contributed by atoms with van der Waals surface area (Å²) in [5.41, 5.74) is 0. The van der Waals surface area contributed by atoms with Gasteiger partial charge in [-0.1, -0.05) is 0 Å². The molecular formula is C8H12O5. The van der Waals surface area contributed by atoms with Crippen LogP contribution in [-0.2, 0) is 18.9 Å². The van der Waals surface area contributed by atoms with Crippen molar-refractivity contribution in [2.45, 2.75) is 37.3 Å². The lowest BCUT2D eigenvalue weighted by atomic mass is 10.1. The Morgan fingerprint density at radius 1 is 1.23 bits per heavy atom. The standard InChI is InChI=1S/C8H12O5/c1-8-11-3-5(12-8)7-6(13-8)4(9)2-10-7/h4-7,9H,2-3H2,1H3/t4-,5?,6+,7+,8?/m0/s1. The third-order valence-electron chi connectivity index (χ3n) is 2.75. The summed E-state index contributed by atoms with van der Waals surface area (Å²) in [5.74, 6) is -0.972. The SMILES string of the molecule is CC12OCC(O1)[C@H]1OC[C@H](O)[C@H]1O2. The van der Waals surface area contributed by atoms with Crippen molar-refractivity contribution in [3.05, 3.63) is 0 Å². The zero-order chi connectivity index (χ0) is 9.05. The predicted molar refractivity (Wildman–Crippen MR) is 39.8 cm³/mol. The largest absolute Gasteiger partial charge is 0.388 e. The third-order valence-corrected chi connectivity index (χ3v) is 2.75. The molecule has 1 N–H and O–H groups in total. The van der Waals surface area contributed by atoms with Crippen LogP contribution < -0.4 is 0 Å². The van der Waals surface area contributed by atoms with E-state index in [9.17, 15) is 5.11 Å². The second-order valence-electron chi connectivity index (χ2n) is 3.78. The first-order valence-corrected chi connectivity index (χ1v) is 4.47. The summed E-state index contributed by atoms with van der Waals surface area (Å²) in [4.78, 5) is 0. The first-order valence-electron chi connectivity index (χ1n) is 4.47. The molecule has 2 bridgehead atoms. The summed E-state index contributed by atoms with van der Waals surface area (Å²) in [7, 11) is 0. The molecule has 3 saturated heterocycles. The maximum Gasteiger partial charge on any atom is 0.280 e. The minimum atomic E-state index is -0.972. The van der Waals surface area contributed by atoms with Crippen LogP contribution in [0.4, 0.5) is 0 Å². The first-order chi connectivity index (χ1) is 6.18. The smallest absolute Gasteiger partial charge is 0.280 e. The van der Waals surface area contributed by atoms with Gasteiger partial charge < -0.3 is 24.1 Å². The minimum Gasteiger partial charge on any atom is -0.388 e. The molecule has 0 saturated carbocycles. The van der Waals surface area contributed by atoms with Crippen molar-refractivity contribution in [2.75, 3.05) is 13.2 Å². The Balaban J connectivity index is 1.89. The van der Waals surface area contributed by atoms with E-state index < -0.39 is 12.1 Å². The molecule has 13 heavy (non-hydrogen) atoms. The number of hydrogen-bond donors (Lipinski definition) is 1. The Morgan fingerprint density at radius 2 is 2.08 bits per heavy atom. The second-order valence-corrected chi connectivity index (χ2v) is 3.78. The van der Waals surface area contributed by atoms with Crippen molar-refractivity contribution < 1.29 is 24.1 Å². The van der Waals surface area contributed by atoms with E-state index >= 15 is 0 Å². The summed E-state index contributed by atoms with van der Waals surface area (Å²) >= 11 is 0. The lowest BCUT2D eigenvalue weighted by Gasteiger charge is -2.35. The van der Waals surface area contributed by atoms with Gasteiger partial charge in [-0.3, -0.25) is 0 Å². The van der Waals surface area contributed by atoms with Crippen LogP contribution in [0.15, 0.2) is 0 Å². The van der Waals surface area contributed by atoms with Gasteiger partial charge in [-0.25, -0.2) is 0 Å². The average molecular weight is 188 g/mol. The molecule has 3 heterocycles. The number of fused-ring (bicyclic) bond motifs is 4. The molecule has 0 aromatic rings. The molecule has 0 aromatic heterocycles. The van der Waals surface area contributed by atoms with Gasteiger partial charge in [-0.05, 0) is 0 Å². The zero-order valence-electron chi connectivity index (χ0n) is 7.30. The highest BCUT2D eigenvalue weighted by molar-refractivity contribution is 4.96. The second kappa shape index (κ2) is 2.43. The van der Waals surface area contributed by atoms with Crippen molar-refractivity contribution in [1.29, 1.82) is 0 Å².